The molecule has 5 heteroatoms. The van der Waals surface area contributed by atoms with Gasteiger partial charge in [0, 0.05) is 4.90 Å². The second-order valence-corrected chi connectivity index (χ2v) is 4.13. The molecule has 0 saturated carbocycles. The van der Waals surface area contributed by atoms with Crippen molar-refractivity contribution in [2.45, 2.75) is 11.8 Å². The SMILES string of the molecule is CCOC(=O)C(=O)c1sccc1SC. The van der Waals surface area contributed by atoms with E-state index in [1.807, 2.05) is 12.3 Å². The van der Waals surface area contributed by atoms with Gasteiger partial charge < -0.3 is 4.74 Å². The predicted molar refractivity (Wildman–Crippen MR) is 57.1 cm³/mol. The Kier molecular flexibility index (Phi) is 4.16. The Hall–Kier alpha value is -0.810. The smallest absolute Gasteiger partial charge is 0.380 e. The van der Waals surface area contributed by atoms with Gasteiger partial charge >= 0.3 is 5.97 Å². The number of Topliss-reactive ketones (excluding diaryl/α,β-unsaturated/α-hetero) is 1. The van der Waals surface area contributed by atoms with E-state index in [9.17, 15) is 9.59 Å². The molecule has 0 aromatic carbocycles. The fourth-order valence-electron chi connectivity index (χ4n) is 0.913. The number of thioether (sulfide) groups is 1. The van der Waals surface area contributed by atoms with Crippen LogP contribution in [0.5, 0.6) is 0 Å². The lowest BCUT2D eigenvalue weighted by atomic mass is 10.3. The standard InChI is InChI=1S/C9H10O3S2/c1-3-12-9(11)7(10)8-6(13-2)4-5-14-8/h4-5H,3H2,1-2H3. The summed E-state index contributed by atoms with van der Waals surface area (Å²) in [6.07, 6.45) is 1.87. The molecule has 0 radical (unpaired) electrons. The average Bonchev–Trinajstić information content (AvgIpc) is 2.64. The van der Waals surface area contributed by atoms with Crippen molar-refractivity contribution in [1.29, 1.82) is 0 Å². The molecule has 1 aromatic heterocycles. The first kappa shape index (κ1) is 11.3. The molecule has 1 heterocycles. The van der Waals surface area contributed by atoms with Crippen LogP contribution in [0, 0.1) is 0 Å². The van der Waals surface area contributed by atoms with Crippen LogP contribution in [-0.2, 0) is 9.53 Å². The number of carbonyl (C=O) groups excluding carboxylic acids is 2. The van der Waals surface area contributed by atoms with E-state index in [-0.39, 0.29) is 6.61 Å². The summed E-state index contributed by atoms with van der Waals surface area (Å²) in [5, 5.41) is 1.79. The van der Waals surface area contributed by atoms with Crippen molar-refractivity contribution in [3.05, 3.63) is 16.3 Å². The highest BCUT2D eigenvalue weighted by molar-refractivity contribution is 7.98. The molecule has 0 spiro atoms. The maximum atomic E-state index is 11.5. The van der Waals surface area contributed by atoms with Crippen LogP contribution < -0.4 is 0 Å². The highest BCUT2D eigenvalue weighted by Crippen LogP contribution is 2.26. The third kappa shape index (κ3) is 2.36. The lowest BCUT2D eigenvalue weighted by Crippen LogP contribution is -2.16. The van der Waals surface area contributed by atoms with Crippen LogP contribution in [0.3, 0.4) is 0 Å². The summed E-state index contributed by atoms with van der Waals surface area (Å²) in [5.74, 6) is -1.32. The third-order valence-electron chi connectivity index (χ3n) is 1.52. The lowest BCUT2D eigenvalue weighted by molar-refractivity contribution is -0.137. The van der Waals surface area contributed by atoms with Crippen molar-refractivity contribution >= 4 is 34.9 Å². The largest absolute Gasteiger partial charge is 0.460 e. The number of carbonyl (C=O) groups is 2. The fraction of sp³-hybridized carbons (Fsp3) is 0.333. The zero-order valence-corrected chi connectivity index (χ0v) is 9.54. The van der Waals surface area contributed by atoms with Gasteiger partial charge in [-0.2, -0.15) is 0 Å². The minimum atomic E-state index is -0.773. The molecule has 3 nitrogen and oxygen atoms in total. The maximum Gasteiger partial charge on any atom is 0.380 e. The van der Waals surface area contributed by atoms with Crippen LogP contribution in [-0.4, -0.2) is 24.6 Å². The van der Waals surface area contributed by atoms with Crippen molar-refractivity contribution in [3.8, 4) is 0 Å². The molecule has 1 rings (SSSR count). The molecule has 0 aliphatic rings. The van der Waals surface area contributed by atoms with Crippen LogP contribution in [0.2, 0.25) is 0 Å². The van der Waals surface area contributed by atoms with Crippen molar-refractivity contribution in [1.82, 2.24) is 0 Å². The molecule has 0 aliphatic heterocycles. The van der Waals surface area contributed by atoms with E-state index in [0.29, 0.717) is 4.88 Å². The third-order valence-corrected chi connectivity index (χ3v) is 3.34. The fourth-order valence-corrected chi connectivity index (χ4v) is 2.59. The molecule has 0 saturated heterocycles. The normalized spacial score (nSPS) is 9.86. The van der Waals surface area contributed by atoms with E-state index in [1.54, 1.807) is 12.3 Å². The zero-order valence-electron chi connectivity index (χ0n) is 7.90. The second-order valence-electron chi connectivity index (χ2n) is 2.37. The number of thiophene rings is 1. The summed E-state index contributed by atoms with van der Waals surface area (Å²) in [6.45, 7) is 1.90. The topological polar surface area (TPSA) is 43.4 Å². The minimum Gasteiger partial charge on any atom is -0.460 e. The molecule has 0 unspecified atom stereocenters. The molecule has 14 heavy (non-hydrogen) atoms. The Morgan fingerprint density at radius 3 is 2.86 bits per heavy atom. The Morgan fingerprint density at radius 1 is 1.57 bits per heavy atom. The second kappa shape index (κ2) is 5.17. The lowest BCUT2D eigenvalue weighted by Gasteiger charge is -2.00. The van der Waals surface area contributed by atoms with Crippen LogP contribution in [0.1, 0.15) is 16.6 Å². The van der Waals surface area contributed by atoms with Gasteiger partial charge in [-0.25, -0.2) is 4.79 Å². The predicted octanol–water partition coefficient (Wildman–Crippen LogP) is 2.22. The van der Waals surface area contributed by atoms with Gasteiger partial charge in [0.05, 0.1) is 11.5 Å². The van der Waals surface area contributed by atoms with E-state index in [4.69, 9.17) is 0 Å². The van der Waals surface area contributed by atoms with Gasteiger partial charge in [-0.15, -0.1) is 23.1 Å². The first-order valence-electron chi connectivity index (χ1n) is 4.03. The zero-order chi connectivity index (χ0) is 10.6. The monoisotopic (exact) mass is 230 g/mol. The van der Waals surface area contributed by atoms with Crippen molar-refractivity contribution in [2.75, 3.05) is 12.9 Å². The molecule has 0 N–H and O–H groups in total. The first-order chi connectivity index (χ1) is 6.70. The van der Waals surface area contributed by atoms with E-state index in [1.165, 1.54) is 23.1 Å². The number of rotatable bonds is 4. The van der Waals surface area contributed by atoms with Gasteiger partial charge in [-0.3, -0.25) is 4.79 Å². The highest BCUT2D eigenvalue weighted by atomic mass is 32.2. The number of ketones is 1. The maximum absolute atomic E-state index is 11.5. The first-order valence-corrected chi connectivity index (χ1v) is 6.14. The number of ether oxygens (including phenoxy) is 1. The Labute approximate surface area is 90.5 Å². The van der Waals surface area contributed by atoms with Crippen LogP contribution in [0.25, 0.3) is 0 Å². The Balaban J connectivity index is 2.83. The van der Waals surface area contributed by atoms with E-state index in [2.05, 4.69) is 4.74 Å². The van der Waals surface area contributed by atoms with Gasteiger partial charge in [0.15, 0.2) is 0 Å². The summed E-state index contributed by atoms with van der Waals surface area (Å²) in [7, 11) is 0. The van der Waals surface area contributed by atoms with E-state index in [0.717, 1.165) is 4.90 Å². The van der Waals surface area contributed by atoms with Crippen molar-refractivity contribution in [2.24, 2.45) is 0 Å². The Bertz CT molecular complexity index is 344. The number of hydrogen-bond acceptors (Lipinski definition) is 5. The molecule has 1 aromatic rings. The van der Waals surface area contributed by atoms with E-state index < -0.39 is 11.8 Å². The molecule has 0 fully saturated rings. The molecule has 0 aliphatic carbocycles. The van der Waals surface area contributed by atoms with Crippen LogP contribution in [0.15, 0.2) is 16.3 Å². The van der Waals surface area contributed by atoms with E-state index >= 15 is 0 Å². The summed E-state index contributed by atoms with van der Waals surface area (Å²) >= 11 is 2.71. The summed E-state index contributed by atoms with van der Waals surface area (Å²) < 4.78 is 4.64. The summed E-state index contributed by atoms with van der Waals surface area (Å²) in [5.41, 5.74) is 0. The summed E-state index contributed by atoms with van der Waals surface area (Å²) in [4.78, 5) is 23.9. The van der Waals surface area contributed by atoms with Gasteiger partial charge in [0.25, 0.3) is 5.78 Å². The highest BCUT2D eigenvalue weighted by Gasteiger charge is 2.21. The molecule has 0 amide bonds. The van der Waals surface area contributed by atoms with Gasteiger partial charge in [-0.1, -0.05) is 0 Å². The quantitative estimate of drug-likeness (QED) is 0.344. The average molecular weight is 230 g/mol. The molecule has 76 valence electrons. The summed E-state index contributed by atoms with van der Waals surface area (Å²) in [6, 6.07) is 1.82. The molecular weight excluding hydrogens is 220 g/mol. The Morgan fingerprint density at radius 2 is 2.29 bits per heavy atom. The molecule has 0 atom stereocenters. The van der Waals surface area contributed by atoms with Gasteiger partial charge in [0.1, 0.15) is 0 Å². The minimum absolute atomic E-state index is 0.227. The van der Waals surface area contributed by atoms with Crippen molar-refractivity contribution < 1.29 is 14.3 Å². The van der Waals surface area contributed by atoms with Gasteiger partial charge in [0.2, 0.25) is 0 Å². The number of hydrogen-bond donors (Lipinski definition) is 0. The number of esters is 1. The molecule has 0 bridgehead atoms. The molecular formula is C9H10O3S2. The van der Waals surface area contributed by atoms with Gasteiger partial charge in [-0.05, 0) is 24.6 Å². The van der Waals surface area contributed by atoms with Crippen molar-refractivity contribution in [3.63, 3.8) is 0 Å². The van der Waals surface area contributed by atoms with Crippen LogP contribution >= 0.6 is 23.1 Å². The van der Waals surface area contributed by atoms with Crippen LogP contribution in [0.4, 0.5) is 0 Å².